The summed E-state index contributed by atoms with van der Waals surface area (Å²) in [5, 5.41) is 0. The minimum Gasteiger partial charge on any atom is -0.207 e. The van der Waals surface area contributed by atoms with Gasteiger partial charge in [-0.2, -0.15) is 0 Å². The number of hydrogen-bond donors (Lipinski definition) is 0. The van der Waals surface area contributed by atoms with Gasteiger partial charge in [0.15, 0.2) is 0 Å². The van der Waals surface area contributed by atoms with Crippen LogP contribution in [0.4, 0.5) is 4.39 Å². The summed E-state index contributed by atoms with van der Waals surface area (Å²) in [5.41, 5.74) is 3.64. The zero-order valence-corrected chi connectivity index (χ0v) is 14.0. The van der Waals surface area contributed by atoms with Crippen molar-refractivity contribution in [2.75, 3.05) is 0 Å². The summed E-state index contributed by atoms with van der Waals surface area (Å²) in [6, 6.07) is 16.1. The van der Waals surface area contributed by atoms with Gasteiger partial charge < -0.3 is 0 Å². The molecule has 1 heteroatoms. The van der Waals surface area contributed by atoms with E-state index in [2.05, 4.69) is 57.2 Å². The fourth-order valence-corrected chi connectivity index (χ4v) is 2.99. The lowest BCUT2D eigenvalue weighted by molar-refractivity contribution is 0.526. The molecule has 0 N–H and O–H groups in total. The summed E-state index contributed by atoms with van der Waals surface area (Å²) in [5.74, 6) is 1.03. The van der Waals surface area contributed by atoms with Crippen LogP contribution in [0.15, 0.2) is 48.5 Å². The molecule has 1 unspecified atom stereocenters. The number of aryl methyl sites for hydroxylation is 1. The van der Waals surface area contributed by atoms with Crippen LogP contribution < -0.4 is 0 Å². The van der Waals surface area contributed by atoms with Gasteiger partial charge in [0.25, 0.3) is 0 Å². The van der Waals surface area contributed by atoms with Crippen LogP contribution in [0.5, 0.6) is 0 Å². The SMILES string of the molecule is CC(C)Cc1cc(F)cc(CC(C)CCc2ccccc2)c1. The van der Waals surface area contributed by atoms with E-state index >= 15 is 0 Å². The smallest absolute Gasteiger partial charge is 0.123 e. The van der Waals surface area contributed by atoms with Crippen LogP contribution in [0.1, 0.15) is 43.9 Å². The molecule has 0 nitrogen and oxygen atoms in total. The molecule has 0 heterocycles. The van der Waals surface area contributed by atoms with Crippen molar-refractivity contribution in [3.63, 3.8) is 0 Å². The van der Waals surface area contributed by atoms with Crippen molar-refractivity contribution in [3.8, 4) is 0 Å². The quantitative estimate of drug-likeness (QED) is 0.602. The maximum atomic E-state index is 13.8. The van der Waals surface area contributed by atoms with E-state index < -0.39 is 0 Å². The molecule has 0 fully saturated rings. The molecule has 0 aliphatic heterocycles. The van der Waals surface area contributed by atoms with Crippen LogP contribution in [0.25, 0.3) is 0 Å². The Morgan fingerprint density at radius 3 is 2.09 bits per heavy atom. The average molecular weight is 298 g/mol. The first-order valence-electron chi connectivity index (χ1n) is 8.35. The maximum absolute atomic E-state index is 13.8. The summed E-state index contributed by atoms with van der Waals surface area (Å²) in [4.78, 5) is 0. The molecule has 2 rings (SSSR count). The van der Waals surface area contributed by atoms with Gasteiger partial charge in [-0.25, -0.2) is 4.39 Å². The minimum absolute atomic E-state index is 0.0941. The van der Waals surface area contributed by atoms with Crippen LogP contribution in [0.2, 0.25) is 0 Å². The van der Waals surface area contributed by atoms with E-state index in [9.17, 15) is 4.39 Å². The predicted molar refractivity (Wildman–Crippen MR) is 92.6 cm³/mol. The zero-order valence-electron chi connectivity index (χ0n) is 14.0. The minimum atomic E-state index is -0.0941. The Bertz CT molecular complexity index is 572. The van der Waals surface area contributed by atoms with Crippen LogP contribution in [-0.2, 0) is 19.3 Å². The molecule has 1 atom stereocenters. The molecule has 0 bridgehead atoms. The molecule has 0 amide bonds. The fourth-order valence-electron chi connectivity index (χ4n) is 2.99. The van der Waals surface area contributed by atoms with Crippen LogP contribution >= 0.6 is 0 Å². The molecule has 0 aromatic heterocycles. The lowest BCUT2D eigenvalue weighted by atomic mass is 9.92. The highest BCUT2D eigenvalue weighted by Crippen LogP contribution is 2.19. The number of rotatable bonds is 7. The summed E-state index contributed by atoms with van der Waals surface area (Å²) >= 11 is 0. The predicted octanol–water partition coefficient (Wildman–Crippen LogP) is 5.84. The Morgan fingerprint density at radius 1 is 0.818 bits per heavy atom. The molecule has 118 valence electrons. The van der Waals surface area contributed by atoms with Crippen molar-refractivity contribution < 1.29 is 4.39 Å². The number of hydrogen-bond acceptors (Lipinski definition) is 0. The van der Waals surface area contributed by atoms with E-state index in [1.54, 1.807) is 12.1 Å². The van der Waals surface area contributed by atoms with Crippen molar-refractivity contribution in [1.82, 2.24) is 0 Å². The van der Waals surface area contributed by atoms with Crippen molar-refractivity contribution in [2.24, 2.45) is 11.8 Å². The van der Waals surface area contributed by atoms with Gasteiger partial charge in [-0.05, 0) is 66.3 Å². The van der Waals surface area contributed by atoms with Gasteiger partial charge in [-0.1, -0.05) is 57.2 Å². The van der Waals surface area contributed by atoms with Crippen molar-refractivity contribution in [2.45, 2.75) is 46.5 Å². The Labute approximate surface area is 134 Å². The molecule has 0 saturated heterocycles. The second-order valence-corrected chi connectivity index (χ2v) is 6.90. The van der Waals surface area contributed by atoms with E-state index in [0.717, 1.165) is 36.8 Å². The summed E-state index contributed by atoms with van der Waals surface area (Å²) < 4.78 is 13.8. The Kier molecular flexibility index (Phi) is 6.18. The molecule has 2 aromatic carbocycles. The van der Waals surface area contributed by atoms with Gasteiger partial charge >= 0.3 is 0 Å². The molecule has 0 aliphatic carbocycles. The highest BCUT2D eigenvalue weighted by Gasteiger charge is 2.08. The van der Waals surface area contributed by atoms with Crippen molar-refractivity contribution >= 4 is 0 Å². The highest BCUT2D eigenvalue weighted by molar-refractivity contribution is 5.25. The fraction of sp³-hybridized carbons (Fsp3) is 0.429. The first-order chi connectivity index (χ1) is 10.5. The molecule has 0 aliphatic rings. The van der Waals surface area contributed by atoms with E-state index in [1.165, 1.54) is 5.56 Å². The molecular formula is C21H27F. The standard InChI is InChI=1S/C21H27F/c1-16(2)11-19-13-20(15-21(22)14-19)12-17(3)9-10-18-7-5-4-6-8-18/h4-8,13-17H,9-12H2,1-3H3. The topological polar surface area (TPSA) is 0 Å². The third-order valence-corrected chi connectivity index (χ3v) is 4.01. The largest absolute Gasteiger partial charge is 0.207 e. The summed E-state index contributed by atoms with van der Waals surface area (Å²) in [7, 11) is 0. The second-order valence-electron chi connectivity index (χ2n) is 6.90. The number of benzene rings is 2. The Hall–Kier alpha value is -1.63. The third kappa shape index (κ3) is 5.63. The van der Waals surface area contributed by atoms with Crippen LogP contribution in [0.3, 0.4) is 0 Å². The molecule has 0 saturated carbocycles. The monoisotopic (exact) mass is 298 g/mol. The van der Waals surface area contributed by atoms with Crippen molar-refractivity contribution in [1.29, 1.82) is 0 Å². The van der Waals surface area contributed by atoms with Gasteiger partial charge in [-0.3, -0.25) is 0 Å². The molecule has 2 aromatic rings. The second kappa shape index (κ2) is 8.12. The van der Waals surface area contributed by atoms with Crippen LogP contribution in [0, 0.1) is 17.7 Å². The van der Waals surface area contributed by atoms with E-state index in [1.807, 2.05) is 0 Å². The Balaban J connectivity index is 1.93. The summed E-state index contributed by atoms with van der Waals surface area (Å²) in [6.07, 6.45) is 4.13. The van der Waals surface area contributed by atoms with E-state index in [4.69, 9.17) is 0 Å². The van der Waals surface area contributed by atoms with Gasteiger partial charge in [-0.15, -0.1) is 0 Å². The maximum Gasteiger partial charge on any atom is 0.123 e. The lowest BCUT2D eigenvalue weighted by Gasteiger charge is -2.13. The van der Waals surface area contributed by atoms with Crippen LogP contribution in [-0.4, -0.2) is 0 Å². The normalized spacial score (nSPS) is 12.6. The van der Waals surface area contributed by atoms with Gasteiger partial charge in [0, 0.05) is 0 Å². The van der Waals surface area contributed by atoms with Gasteiger partial charge in [0.1, 0.15) is 5.82 Å². The number of halogens is 1. The van der Waals surface area contributed by atoms with Gasteiger partial charge in [0.05, 0.1) is 0 Å². The van der Waals surface area contributed by atoms with Gasteiger partial charge in [0.2, 0.25) is 0 Å². The van der Waals surface area contributed by atoms with E-state index in [0.29, 0.717) is 11.8 Å². The molecule has 0 spiro atoms. The zero-order chi connectivity index (χ0) is 15.9. The summed E-state index contributed by atoms with van der Waals surface area (Å²) in [6.45, 7) is 6.61. The third-order valence-electron chi connectivity index (χ3n) is 4.01. The first kappa shape index (κ1) is 16.7. The Morgan fingerprint density at radius 2 is 1.45 bits per heavy atom. The average Bonchev–Trinajstić information content (AvgIpc) is 2.45. The lowest BCUT2D eigenvalue weighted by Crippen LogP contribution is -2.04. The molecular weight excluding hydrogens is 271 g/mol. The molecule has 22 heavy (non-hydrogen) atoms. The first-order valence-corrected chi connectivity index (χ1v) is 8.35. The highest BCUT2D eigenvalue weighted by atomic mass is 19.1. The molecule has 0 radical (unpaired) electrons. The van der Waals surface area contributed by atoms with E-state index in [-0.39, 0.29) is 5.82 Å². The van der Waals surface area contributed by atoms with Crippen molar-refractivity contribution in [3.05, 3.63) is 71.0 Å².